The third-order valence-corrected chi connectivity index (χ3v) is 6.60. The number of rotatable bonds is 3. The van der Waals surface area contributed by atoms with Crippen LogP contribution < -0.4 is 9.64 Å². The van der Waals surface area contributed by atoms with Crippen LogP contribution in [0.4, 0.5) is 5.69 Å². The summed E-state index contributed by atoms with van der Waals surface area (Å²) >= 11 is 0. The number of carbonyl (C=O) groups is 2. The lowest BCUT2D eigenvalue weighted by atomic mass is 9.61. The predicted octanol–water partition coefficient (Wildman–Crippen LogP) is 3.34. The van der Waals surface area contributed by atoms with Gasteiger partial charge < -0.3 is 9.64 Å². The number of anilines is 1. The number of ether oxygens (including phenoxy) is 1. The molecule has 1 saturated heterocycles. The Morgan fingerprint density at radius 2 is 1.86 bits per heavy atom. The van der Waals surface area contributed by atoms with E-state index in [1.54, 1.807) is 4.90 Å². The Morgan fingerprint density at radius 3 is 2.68 bits per heavy atom. The Balaban J connectivity index is 1.44. The van der Waals surface area contributed by atoms with Crippen LogP contribution >= 0.6 is 0 Å². The molecule has 2 atom stereocenters. The highest BCUT2D eigenvalue weighted by Crippen LogP contribution is 2.53. The molecule has 28 heavy (non-hydrogen) atoms. The second-order valence-corrected chi connectivity index (χ2v) is 7.97. The first kappa shape index (κ1) is 17.3. The van der Waals surface area contributed by atoms with Crippen molar-refractivity contribution in [3.8, 4) is 5.75 Å². The number of amides is 2. The molecule has 0 N–H and O–H groups in total. The summed E-state index contributed by atoms with van der Waals surface area (Å²) < 4.78 is 5.51. The van der Waals surface area contributed by atoms with E-state index in [2.05, 4.69) is 24.3 Å². The number of carbonyl (C=O) groups excluding carboxylic acids is 2. The molecule has 2 amide bonds. The number of nitrogens with zero attached hydrogens (tertiary/aromatic N) is 2. The van der Waals surface area contributed by atoms with Crippen LogP contribution in [0.3, 0.4) is 0 Å². The Hall–Kier alpha value is -2.82. The average Bonchev–Trinajstić information content (AvgIpc) is 2.72. The summed E-state index contributed by atoms with van der Waals surface area (Å²) in [6.45, 7) is 0.838. The lowest BCUT2D eigenvalue weighted by Crippen LogP contribution is -2.69. The van der Waals surface area contributed by atoms with E-state index in [1.807, 2.05) is 35.2 Å². The maximum atomic E-state index is 13.4. The first-order valence-electron chi connectivity index (χ1n) is 10.1. The highest BCUT2D eigenvalue weighted by atomic mass is 16.5. The van der Waals surface area contributed by atoms with Gasteiger partial charge in [-0.2, -0.15) is 0 Å². The van der Waals surface area contributed by atoms with Crippen molar-refractivity contribution in [2.75, 3.05) is 24.6 Å². The van der Waals surface area contributed by atoms with Gasteiger partial charge in [-0.3, -0.25) is 14.5 Å². The number of benzene rings is 2. The van der Waals surface area contributed by atoms with Gasteiger partial charge in [-0.05, 0) is 30.5 Å². The molecule has 0 spiro atoms. The van der Waals surface area contributed by atoms with E-state index in [4.69, 9.17) is 4.74 Å². The molecular formula is C23H24N2O3. The molecule has 144 valence electrons. The van der Waals surface area contributed by atoms with Gasteiger partial charge in [-0.1, -0.05) is 55.3 Å². The molecule has 2 aliphatic heterocycles. The maximum Gasteiger partial charge on any atom is 0.265 e. The molecule has 2 heterocycles. The predicted molar refractivity (Wildman–Crippen MR) is 106 cm³/mol. The summed E-state index contributed by atoms with van der Waals surface area (Å²) in [4.78, 5) is 29.5. The highest BCUT2D eigenvalue weighted by Gasteiger charge is 2.57. The van der Waals surface area contributed by atoms with E-state index in [0.717, 1.165) is 25.8 Å². The molecule has 0 unspecified atom stereocenters. The van der Waals surface area contributed by atoms with Crippen molar-refractivity contribution in [3.05, 3.63) is 60.2 Å². The number of hydrogen-bond donors (Lipinski definition) is 0. The summed E-state index contributed by atoms with van der Waals surface area (Å²) in [5, 5.41) is 0. The van der Waals surface area contributed by atoms with Crippen molar-refractivity contribution in [2.24, 2.45) is 5.92 Å². The number of fused-ring (bicyclic) bond motifs is 2. The van der Waals surface area contributed by atoms with Crippen LogP contribution in [0.1, 0.15) is 31.2 Å². The molecule has 5 heteroatoms. The fourth-order valence-corrected chi connectivity index (χ4v) is 5.23. The van der Waals surface area contributed by atoms with Crippen molar-refractivity contribution in [1.82, 2.24) is 4.90 Å². The standard InChI is InChI=1S/C23H24N2O3/c26-21(15-24-19-11-4-5-12-20(19)28-16-22(24)27)25-14-18-10-6-7-13-23(18,25)17-8-2-1-3-9-17/h1-5,8-9,11-12,18H,6-7,10,13-16H2/t18-,23-/m1/s1. The molecule has 5 rings (SSSR count). The van der Waals surface area contributed by atoms with Crippen LogP contribution in [0.5, 0.6) is 5.75 Å². The van der Waals surface area contributed by atoms with Gasteiger partial charge in [0.15, 0.2) is 6.61 Å². The second-order valence-electron chi connectivity index (χ2n) is 7.97. The fraction of sp³-hybridized carbons (Fsp3) is 0.391. The minimum atomic E-state index is -0.203. The van der Waals surface area contributed by atoms with Crippen molar-refractivity contribution in [1.29, 1.82) is 0 Å². The van der Waals surface area contributed by atoms with Crippen LogP contribution in [-0.4, -0.2) is 36.4 Å². The first-order valence-corrected chi connectivity index (χ1v) is 10.1. The number of para-hydroxylation sites is 2. The van der Waals surface area contributed by atoms with E-state index >= 15 is 0 Å². The van der Waals surface area contributed by atoms with E-state index in [-0.39, 0.29) is 30.5 Å². The number of likely N-dealkylation sites (tertiary alicyclic amines) is 1. The largest absolute Gasteiger partial charge is 0.482 e. The Labute approximate surface area is 164 Å². The van der Waals surface area contributed by atoms with Gasteiger partial charge >= 0.3 is 0 Å². The van der Waals surface area contributed by atoms with Gasteiger partial charge in [0.25, 0.3) is 5.91 Å². The minimum absolute atomic E-state index is 0.0171. The molecular weight excluding hydrogens is 352 g/mol. The molecule has 0 bridgehead atoms. The van der Waals surface area contributed by atoms with Gasteiger partial charge in [0, 0.05) is 12.5 Å². The molecule has 3 aliphatic rings. The zero-order chi connectivity index (χ0) is 19.1. The van der Waals surface area contributed by atoms with Gasteiger partial charge in [0.1, 0.15) is 12.3 Å². The van der Waals surface area contributed by atoms with Crippen molar-refractivity contribution < 1.29 is 14.3 Å². The Morgan fingerprint density at radius 1 is 1.07 bits per heavy atom. The first-order chi connectivity index (χ1) is 13.7. The van der Waals surface area contributed by atoms with Gasteiger partial charge in [0.2, 0.25) is 5.91 Å². The molecule has 1 aliphatic carbocycles. The summed E-state index contributed by atoms with van der Waals surface area (Å²) in [7, 11) is 0. The Kier molecular flexibility index (Phi) is 4.11. The molecule has 2 fully saturated rings. The lowest BCUT2D eigenvalue weighted by Gasteiger charge is -2.61. The third-order valence-electron chi connectivity index (χ3n) is 6.60. The monoisotopic (exact) mass is 376 g/mol. The smallest absolute Gasteiger partial charge is 0.265 e. The minimum Gasteiger partial charge on any atom is -0.482 e. The van der Waals surface area contributed by atoms with Crippen molar-refractivity contribution >= 4 is 17.5 Å². The van der Waals surface area contributed by atoms with Crippen LogP contribution in [0.2, 0.25) is 0 Å². The molecule has 2 aromatic rings. The van der Waals surface area contributed by atoms with Gasteiger partial charge in [-0.15, -0.1) is 0 Å². The zero-order valence-corrected chi connectivity index (χ0v) is 15.8. The molecule has 1 saturated carbocycles. The van der Waals surface area contributed by atoms with Gasteiger partial charge in [-0.25, -0.2) is 0 Å². The maximum absolute atomic E-state index is 13.4. The molecule has 0 aromatic heterocycles. The second kappa shape index (κ2) is 6.66. The molecule has 0 radical (unpaired) electrons. The summed E-state index contributed by atoms with van der Waals surface area (Å²) in [5.74, 6) is 1.03. The van der Waals surface area contributed by atoms with Crippen molar-refractivity contribution in [2.45, 2.75) is 31.2 Å². The Bertz CT molecular complexity index is 913. The van der Waals surface area contributed by atoms with Gasteiger partial charge in [0.05, 0.1) is 11.2 Å². The number of hydrogen-bond acceptors (Lipinski definition) is 3. The fourth-order valence-electron chi connectivity index (χ4n) is 5.23. The van der Waals surface area contributed by atoms with Crippen LogP contribution in [0.15, 0.2) is 54.6 Å². The van der Waals surface area contributed by atoms with E-state index in [9.17, 15) is 9.59 Å². The highest BCUT2D eigenvalue weighted by molar-refractivity contribution is 6.02. The molecule has 2 aromatic carbocycles. The normalized spacial score (nSPS) is 26.0. The SMILES string of the molecule is O=C1COc2ccccc2N1CC(=O)N1C[C@H]2CCCC[C@@]21c1ccccc1. The van der Waals surface area contributed by atoms with E-state index in [1.165, 1.54) is 12.0 Å². The average molecular weight is 376 g/mol. The van der Waals surface area contributed by atoms with Crippen LogP contribution in [0.25, 0.3) is 0 Å². The van der Waals surface area contributed by atoms with Crippen LogP contribution in [-0.2, 0) is 15.1 Å². The molecule has 5 nitrogen and oxygen atoms in total. The third kappa shape index (κ3) is 2.53. The zero-order valence-electron chi connectivity index (χ0n) is 15.8. The van der Waals surface area contributed by atoms with E-state index < -0.39 is 0 Å². The van der Waals surface area contributed by atoms with Crippen molar-refractivity contribution in [3.63, 3.8) is 0 Å². The summed E-state index contributed by atoms with van der Waals surface area (Å²) in [6.07, 6.45) is 4.53. The lowest BCUT2D eigenvalue weighted by molar-refractivity contribution is -0.165. The topological polar surface area (TPSA) is 49.9 Å². The van der Waals surface area contributed by atoms with E-state index in [0.29, 0.717) is 17.4 Å². The summed E-state index contributed by atoms with van der Waals surface area (Å²) in [6, 6.07) is 17.8. The van der Waals surface area contributed by atoms with Crippen LogP contribution in [0, 0.1) is 5.92 Å². The quantitative estimate of drug-likeness (QED) is 0.826. The summed E-state index contributed by atoms with van der Waals surface area (Å²) in [5.41, 5.74) is 1.71.